The Bertz CT molecular complexity index is 615. The van der Waals surface area contributed by atoms with Crippen LogP contribution in [0.4, 0.5) is 8.78 Å². The lowest BCUT2D eigenvalue weighted by Gasteiger charge is -2.06. The van der Waals surface area contributed by atoms with Crippen molar-refractivity contribution in [2.45, 2.75) is 0 Å². The van der Waals surface area contributed by atoms with Gasteiger partial charge in [0.2, 0.25) is 0 Å². The molecular weight excluding hydrogens is 236 g/mol. The van der Waals surface area contributed by atoms with Gasteiger partial charge in [-0.3, -0.25) is 0 Å². The first kappa shape index (κ1) is 12.1. The first-order chi connectivity index (χ1) is 8.65. The Hall–Kier alpha value is -2.41. The zero-order valence-electron chi connectivity index (χ0n) is 9.58. The third-order valence-electron chi connectivity index (χ3n) is 2.58. The van der Waals surface area contributed by atoms with E-state index in [0.717, 1.165) is 12.1 Å². The van der Waals surface area contributed by atoms with Crippen molar-refractivity contribution < 1.29 is 13.5 Å². The molecule has 0 aromatic heterocycles. The lowest BCUT2D eigenvalue weighted by molar-refractivity contribution is 0.415. The molecule has 18 heavy (non-hydrogen) atoms. The zero-order valence-corrected chi connectivity index (χ0v) is 9.58. The molecule has 0 heterocycles. The Morgan fingerprint density at radius 2 is 1.67 bits per heavy atom. The van der Waals surface area contributed by atoms with Crippen molar-refractivity contribution in [3.8, 4) is 22.9 Å². The molecule has 0 saturated carbocycles. The summed E-state index contributed by atoms with van der Waals surface area (Å²) in [5.41, 5.74) is 1.09. The average Bonchev–Trinajstić information content (AvgIpc) is 2.41. The van der Waals surface area contributed by atoms with Gasteiger partial charge in [-0.1, -0.05) is 12.1 Å². The van der Waals surface area contributed by atoms with E-state index in [4.69, 9.17) is 10.00 Å². The number of rotatable bonds is 2. The highest BCUT2D eigenvalue weighted by molar-refractivity contribution is 5.71. The summed E-state index contributed by atoms with van der Waals surface area (Å²) in [7, 11) is 1.53. The van der Waals surface area contributed by atoms with Crippen molar-refractivity contribution in [3.63, 3.8) is 0 Å². The van der Waals surface area contributed by atoms with Gasteiger partial charge in [0.05, 0.1) is 18.7 Å². The quantitative estimate of drug-likeness (QED) is 0.811. The van der Waals surface area contributed by atoms with Crippen LogP contribution in [0.5, 0.6) is 5.75 Å². The molecule has 0 saturated heterocycles. The Kier molecular flexibility index (Phi) is 3.24. The number of halogens is 2. The van der Waals surface area contributed by atoms with Gasteiger partial charge in [-0.05, 0) is 29.8 Å². The van der Waals surface area contributed by atoms with Crippen LogP contribution in [0.15, 0.2) is 36.4 Å². The first-order valence-electron chi connectivity index (χ1n) is 5.19. The number of hydrogen-bond donors (Lipinski definition) is 0. The molecular formula is C14H9F2NO. The van der Waals surface area contributed by atoms with Crippen molar-refractivity contribution in [3.05, 3.63) is 53.6 Å². The molecule has 0 N–H and O–H groups in total. The fourth-order valence-corrected chi connectivity index (χ4v) is 1.65. The summed E-state index contributed by atoms with van der Waals surface area (Å²) in [6.45, 7) is 0. The lowest BCUT2D eigenvalue weighted by Crippen LogP contribution is -1.91. The summed E-state index contributed by atoms with van der Waals surface area (Å²) in [5, 5.41) is 8.93. The zero-order chi connectivity index (χ0) is 13.1. The van der Waals surface area contributed by atoms with E-state index in [-0.39, 0.29) is 5.56 Å². The van der Waals surface area contributed by atoms with E-state index < -0.39 is 11.6 Å². The molecule has 0 bridgehead atoms. The Labute approximate surface area is 103 Å². The molecule has 2 aromatic rings. The fourth-order valence-electron chi connectivity index (χ4n) is 1.65. The van der Waals surface area contributed by atoms with Gasteiger partial charge in [0.15, 0.2) is 11.6 Å². The second-order valence-electron chi connectivity index (χ2n) is 3.65. The number of ether oxygens (including phenoxy) is 1. The summed E-state index contributed by atoms with van der Waals surface area (Å²) in [5.74, 6) is -1.34. The predicted molar refractivity (Wildman–Crippen MR) is 63.1 cm³/mol. The van der Waals surface area contributed by atoms with Gasteiger partial charge >= 0.3 is 0 Å². The number of benzene rings is 2. The topological polar surface area (TPSA) is 33.0 Å². The summed E-state index contributed by atoms with van der Waals surface area (Å²) >= 11 is 0. The molecule has 0 aliphatic rings. The van der Waals surface area contributed by atoms with Gasteiger partial charge in [0.25, 0.3) is 0 Å². The van der Waals surface area contributed by atoms with Crippen LogP contribution in [0.1, 0.15) is 5.56 Å². The van der Waals surface area contributed by atoms with Crippen LogP contribution in [-0.4, -0.2) is 7.11 Å². The molecule has 2 rings (SSSR count). The number of methoxy groups -OCH3 is 1. The van der Waals surface area contributed by atoms with Crippen LogP contribution < -0.4 is 4.74 Å². The molecule has 0 fully saturated rings. The minimum atomic E-state index is -1.02. The number of nitriles is 1. The average molecular weight is 245 g/mol. The van der Waals surface area contributed by atoms with Gasteiger partial charge < -0.3 is 4.74 Å². The molecule has 0 atom stereocenters. The third kappa shape index (κ3) is 2.16. The van der Waals surface area contributed by atoms with Crippen molar-refractivity contribution >= 4 is 0 Å². The molecule has 2 nitrogen and oxygen atoms in total. The molecule has 0 unspecified atom stereocenters. The first-order valence-corrected chi connectivity index (χ1v) is 5.19. The van der Waals surface area contributed by atoms with E-state index in [9.17, 15) is 8.78 Å². The second-order valence-corrected chi connectivity index (χ2v) is 3.65. The monoisotopic (exact) mass is 245 g/mol. The number of nitrogens with zero attached hydrogens (tertiary/aromatic N) is 1. The highest BCUT2D eigenvalue weighted by Gasteiger charge is 2.11. The maximum absolute atomic E-state index is 13.2. The minimum Gasteiger partial charge on any atom is -0.497 e. The van der Waals surface area contributed by atoms with Crippen molar-refractivity contribution in [1.82, 2.24) is 0 Å². The number of hydrogen-bond acceptors (Lipinski definition) is 2. The Morgan fingerprint density at radius 1 is 1.06 bits per heavy atom. The molecule has 2 aromatic carbocycles. The van der Waals surface area contributed by atoms with E-state index in [1.165, 1.54) is 7.11 Å². The van der Waals surface area contributed by atoms with Crippen molar-refractivity contribution in [2.24, 2.45) is 0 Å². The highest BCUT2D eigenvalue weighted by atomic mass is 19.2. The van der Waals surface area contributed by atoms with Gasteiger partial charge in [0, 0.05) is 5.56 Å². The standard InChI is InChI=1S/C14H9F2NO/c1-18-11-4-2-9(3-5-11)12-7-14(16)13(15)6-10(12)8-17/h2-7H,1H3. The SMILES string of the molecule is COc1ccc(-c2cc(F)c(F)cc2C#N)cc1. The predicted octanol–water partition coefficient (Wildman–Crippen LogP) is 3.51. The van der Waals surface area contributed by atoms with Crippen LogP contribution in [0.25, 0.3) is 11.1 Å². The van der Waals surface area contributed by atoms with Crippen LogP contribution in [0, 0.1) is 23.0 Å². The van der Waals surface area contributed by atoms with Gasteiger partial charge in [-0.2, -0.15) is 5.26 Å². The van der Waals surface area contributed by atoms with Crippen LogP contribution in [0.2, 0.25) is 0 Å². The normalized spacial score (nSPS) is 9.89. The minimum absolute atomic E-state index is 0.0964. The smallest absolute Gasteiger partial charge is 0.160 e. The van der Waals surface area contributed by atoms with Gasteiger partial charge in [-0.15, -0.1) is 0 Å². The van der Waals surface area contributed by atoms with E-state index in [2.05, 4.69) is 0 Å². The molecule has 0 amide bonds. The van der Waals surface area contributed by atoms with Crippen LogP contribution in [0.3, 0.4) is 0 Å². The summed E-state index contributed by atoms with van der Waals surface area (Å²) < 4.78 is 31.3. The third-order valence-corrected chi connectivity index (χ3v) is 2.58. The Morgan fingerprint density at radius 3 is 2.22 bits per heavy atom. The maximum atomic E-state index is 13.2. The van der Waals surface area contributed by atoms with E-state index in [1.54, 1.807) is 24.3 Å². The second kappa shape index (κ2) is 4.84. The summed E-state index contributed by atoms with van der Waals surface area (Å²) in [6, 6.07) is 10.5. The van der Waals surface area contributed by atoms with Crippen LogP contribution in [-0.2, 0) is 0 Å². The summed E-state index contributed by atoms with van der Waals surface area (Å²) in [6.07, 6.45) is 0. The van der Waals surface area contributed by atoms with Crippen LogP contribution >= 0.6 is 0 Å². The van der Waals surface area contributed by atoms with Crippen molar-refractivity contribution in [2.75, 3.05) is 7.11 Å². The summed E-state index contributed by atoms with van der Waals surface area (Å²) in [4.78, 5) is 0. The molecule has 0 aliphatic heterocycles. The van der Waals surface area contributed by atoms with Crippen molar-refractivity contribution in [1.29, 1.82) is 5.26 Å². The highest BCUT2D eigenvalue weighted by Crippen LogP contribution is 2.27. The molecule has 0 aliphatic carbocycles. The molecule has 0 radical (unpaired) electrons. The molecule has 4 heteroatoms. The van der Waals surface area contributed by atoms with Gasteiger partial charge in [-0.25, -0.2) is 8.78 Å². The van der Waals surface area contributed by atoms with E-state index in [1.807, 2.05) is 6.07 Å². The maximum Gasteiger partial charge on any atom is 0.160 e. The lowest BCUT2D eigenvalue weighted by atomic mass is 10.00. The van der Waals surface area contributed by atoms with Gasteiger partial charge in [0.1, 0.15) is 5.75 Å². The largest absolute Gasteiger partial charge is 0.497 e. The Balaban J connectivity index is 2.56. The fraction of sp³-hybridized carbons (Fsp3) is 0.0714. The molecule has 0 spiro atoms. The van der Waals surface area contributed by atoms with E-state index >= 15 is 0 Å². The molecule has 90 valence electrons. The van der Waals surface area contributed by atoms with E-state index in [0.29, 0.717) is 16.9 Å².